The number of nitrogens with one attached hydrogen (secondary N) is 1. The van der Waals surface area contributed by atoms with Crippen molar-refractivity contribution in [3.63, 3.8) is 0 Å². The monoisotopic (exact) mass is 489 g/mol. The molecule has 2 aromatic carbocycles. The van der Waals surface area contributed by atoms with E-state index in [0.717, 1.165) is 18.4 Å². The number of ketones is 1. The molecule has 0 saturated heterocycles. The van der Waals surface area contributed by atoms with E-state index in [1.807, 2.05) is 43.3 Å². The number of phenols is 2. The van der Waals surface area contributed by atoms with Gasteiger partial charge in [0.05, 0.1) is 5.60 Å². The van der Waals surface area contributed by atoms with Gasteiger partial charge in [0, 0.05) is 11.8 Å². The third-order valence-corrected chi connectivity index (χ3v) is 9.33. The van der Waals surface area contributed by atoms with Crippen molar-refractivity contribution < 1.29 is 24.9 Å². The van der Waals surface area contributed by atoms with E-state index in [0.29, 0.717) is 18.4 Å². The van der Waals surface area contributed by atoms with Crippen molar-refractivity contribution in [2.24, 2.45) is 28.6 Å². The molecule has 4 N–H and O–H groups in total. The van der Waals surface area contributed by atoms with Crippen LogP contribution in [0.4, 0.5) is 5.69 Å². The predicted octanol–water partition coefficient (Wildman–Crippen LogP) is 5.21. The topological polar surface area (TPSA) is 107 Å². The average molecular weight is 490 g/mol. The fourth-order valence-corrected chi connectivity index (χ4v) is 7.82. The molecule has 6 nitrogen and oxygen atoms in total. The first kappa shape index (κ1) is 24.6. The molecule has 2 fully saturated rings. The maximum Gasteiger partial charge on any atom is 0.224 e. The van der Waals surface area contributed by atoms with E-state index in [9.17, 15) is 24.9 Å². The number of carbonyl (C=O) groups excluding carboxylic acids is 2. The fourth-order valence-electron chi connectivity index (χ4n) is 7.82. The molecular formula is C30H35NO5. The Hall–Kier alpha value is -3.12. The van der Waals surface area contributed by atoms with Crippen molar-refractivity contribution in [3.05, 3.63) is 65.7 Å². The number of anilines is 1. The highest BCUT2D eigenvalue weighted by Gasteiger charge is 2.66. The first-order valence-corrected chi connectivity index (χ1v) is 12.8. The van der Waals surface area contributed by atoms with Crippen LogP contribution in [-0.4, -0.2) is 27.0 Å². The predicted molar refractivity (Wildman–Crippen MR) is 137 cm³/mol. The van der Waals surface area contributed by atoms with E-state index in [1.54, 1.807) is 19.1 Å². The lowest BCUT2D eigenvalue weighted by Gasteiger charge is -2.53. The van der Waals surface area contributed by atoms with Crippen molar-refractivity contribution in [2.75, 3.05) is 5.32 Å². The molecule has 3 aliphatic carbocycles. The number of fused-ring (bicyclic) bond motifs is 1. The number of hydrogen-bond donors (Lipinski definition) is 4. The number of phenolic OH excluding ortho intramolecular Hbond substituents is 2. The van der Waals surface area contributed by atoms with Gasteiger partial charge >= 0.3 is 0 Å². The van der Waals surface area contributed by atoms with Crippen LogP contribution < -0.4 is 5.32 Å². The number of aromatic hydroxyl groups is 2. The Balaban J connectivity index is 1.40. The van der Waals surface area contributed by atoms with Gasteiger partial charge in [-0.25, -0.2) is 0 Å². The lowest BCUT2D eigenvalue weighted by Crippen LogP contribution is -2.51. The van der Waals surface area contributed by atoms with Crippen LogP contribution in [0.5, 0.6) is 11.5 Å². The van der Waals surface area contributed by atoms with Crippen LogP contribution in [0.25, 0.3) is 0 Å². The molecule has 36 heavy (non-hydrogen) atoms. The molecule has 0 aliphatic heterocycles. The van der Waals surface area contributed by atoms with Crippen LogP contribution in [0.1, 0.15) is 57.1 Å². The van der Waals surface area contributed by atoms with Gasteiger partial charge in [-0.2, -0.15) is 0 Å². The van der Waals surface area contributed by atoms with Gasteiger partial charge in [0.15, 0.2) is 5.78 Å². The van der Waals surface area contributed by atoms with Crippen LogP contribution in [0.2, 0.25) is 0 Å². The zero-order valence-electron chi connectivity index (χ0n) is 21.1. The number of aryl methyl sites for hydroxylation is 1. The molecule has 190 valence electrons. The summed E-state index contributed by atoms with van der Waals surface area (Å²) in [4.78, 5) is 26.3. The largest absolute Gasteiger partial charge is 0.506 e. The van der Waals surface area contributed by atoms with Gasteiger partial charge in [0.2, 0.25) is 5.91 Å². The summed E-state index contributed by atoms with van der Waals surface area (Å²) in [5.74, 6) is -0.387. The summed E-state index contributed by atoms with van der Waals surface area (Å²) in [6.07, 6.45) is 6.37. The van der Waals surface area contributed by atoms with E-state index in [2.05, 4.69) is 12.2 Å². The Kier molecular flexibility index (Phi) is 5.79. The van der Waals surface area contributed by atoms with Gasteiger partial charge in [0.1, 0.15) is 17.2 Å². The van der Waals surface area contributed by atoms with Gasteiger partial charge in [-0.1, -0.05) is 56.3 Å². The Morgan fingerprint density at radius 1 is 1.14 bits per heavy atom. The van der Waals surface area contributed by atoms with Gasteiger partial charge in [-0.3, -0.25) is 9.59 Å². The smallest absolute Gasteiger partial charge is 0.224 e. The average Bonchev–Trinajstić information content (AvgIpc) is 3.08. The molecule has 6 atom stereocenters. The number of allylic oxidation sites excluding steroid dienone is 2. The molecule has 2 aromatic rings. The van der Waals surface area contributed by atoms with Crippen LogP contribution in [-0.2, 0) is 15.2 Å². The Labute approximate surface area is 212 Å². The number of aliphatic hydroxyl groups is 1. The molecule has 0 radical (unpaired) electrons. The molecule has 5 unspecified atom stereocenters. The third-order valence-electron chi connectivity index (χ3n) is 9.33. The second-order valence-electron chi connectivity index (χ2n) is 11.6. The van der Waals surface area contributed by atoms with Crippen molar-refractivity contribution in [1.29, 1.82) is 0 Å². The Bertz CT molecular complexity index is 1240. The summed E-state index contributed by atoms with van der Waals surface area (Å²) in [6, 6.07) is 12.9. The Morgan fingerprint density at radius 3 is 2.58 bits per heavy atom. The van der Waals surface area contributed by atoms with E-state index < -0.39 is 11.0 Å². The minimum atomic E-state index is -0.937. The molecular weight excluding hydrogens is 454 g/mol. The quantitative estimate of drug-likeness (QED) is 0.431. The molecule has 0 heterocycles. The summed E-state index contributed by atoms with van der Waals surface area (Å²) in [6.45, 7) is 5.83. The number of hydrogen-bond acceptors (Lipinski definition) is 5. The maximum absolute atomic E-state index is 13.4. The Morgan fingerprint density at radius 2 is 1.86 bits per heavy atom. The van der Waals surface area contributed by atoms with Gasteiger partial charge in [0.25, 0.3) is 0 Å². The first-order chi connectivity index (χ1) is 17.0. The number of carbonyl (C=O) groups is 2. The second kappa shape index (κ2) is 8.48. The number of rotatable bonds is 5. The van der Waals surface area contributed by atoms with Crippen molar-refractivity contribution in [1.82, 2.24) is 0 Å². The standard InChI is InChI=1S/C30H35NO5/c1-18-9-10-22(32)25(26(18)35)31-24(34)12-13-28(3)23(33)11-14-29-16-21(15-19(2)27(28)29)30(36,17-29)20-7-5-4-6-8-20/h4-11,14,19,21,27,32,35-36H,12-13,15-17H2,1-3H3,(H,31,34)/t19?,21?,27?,28-,29?,30?/m1/s1. The van der Waals surface area contributed by atoms with E-state index in [-0.39, 0.29) is 58.5 Å². The zero-order valence-corrected chi connectivity index (χ0v) is 21.1. The minimum Gasteiger partial charge on any atom is -0.506 e. The van der Waals surface area contributed by atoms with Crippen molar-refractivity contribution in [2.45, 2.75) is 58.5 Å². The summed E-state index contributed by atoms with van der Waals surface area (Å²) in [5, 5.41) is 35.0. The SMILES string of the molecule is Cc1ccc(O)c(NC(=O)CC[C@]2(C)C(=O)C=CC34CC(CC(C)C32)C(O)(c2ccccc2)C4)c1O. The maximum atomic E-state index is 13.4. The molecule has 2 bridgehead atoms. The molecule has 3 aliphatic rings. The van der Waals surface area contributed by atoms with Crippen LogP contribution in [0.3, 0.4) is 0 Å². The highest BCUT2D eigenvalue weighted by atomic mass is 16.3. The lowest BCUT2D eigenvalue weighted by atomic mass is 9.49. The molecule has 0 aromatic heterocycles. The number of amides is 1. The molecule has 1 spiro atoms. The zero-order chi connectivity index (χ0) is 25.9. The van der Waals surface area contributed by atoms with E-state index in [1.165, 1.54) is 6.07 Å². The van der Waals surface area contributed by atoms with Gasteiger partial charge < -0.3 is 20.6 Å². The molecule has 1 amide bonds. The highest BCUT2D eigenvalue weighted by molar-refractivity contribution is 5.98. The lowest BCUT2D eigenvalue weighted by molar-refractivity contribution is -0.136. The van der Waals surface area contributed by atoms with E-state index in [4.69, 9.17) is 0 Å². The summed E-state index contributed by atoms with van der Waals surface area (Å²) >= 11 is 0. The molecule has 5 rings (SSSR count). The molecule has 6 heteroatoms. The van der Waals surface area contributed by atoms with Crippen molar-refractivity contribution >= 4 is 17.4 Å². The minimum absolute atomic E-state index is 0.00469. The third kappa shape index (κ3) is 3.65. The second-order valence-corrected chi connectivity index (χ2v) is 11.6. The first-order valence-electron chi connectivity index (χ1n) is 12.8. The van der Waals surface area contributed by atoms with Gasteiger partial charge in [-0.05, 0) is 79.0 Å². The summed E-state index contributed by atoms with van der Waals surface area (Å²) in [5.41, 5.74) is -0.526. The van der Waals surface area contributed by atoms with Crippen LogP contribution in [0, 0.1) is 35.5 Å². The van der Waals surface area contributed by atoms with E-state index >= 15 is 0 Å². The number of benzene rings is 2. The van der Waals surface area contributed by atoms with Crippen LogP contribution in [0.15, 0.2) is 54.6 Å². The van der Waals surface area contributed by atoms with Crippen molar-refractivity contribution in [3.8, 4) is 11.5 Å². The van der Waals surface area contributed by atoms with Crippen LogP contribution >= 0.6 is 0 Å². The highest BCUT2D eigenvalue weighted by Crippen LogP contribution is 2.69. The van der Waals surface area contributed by atoms with Gasteiger partial charge in [-0.15, -0.1) is 0 Å². The fraction of sp³-hybridized carbons (Fsp3) is 0.467. The normalized spacial score (nSPS) is 34.9. The summed E-state index contributed by atoms with van der Waals surface area (Å²) < 4.78 is 0. The summed E-state index contributed by atoms with van der Waals surface area (Å²) in [7, 11) is 0. The molecule has 2 saturated carbocycles.